The average molecular weight is 461 g/mol. The van der Waals surface area contributed by atoms with Crippen LogP contribution in [0.1, 0.15) is 36.2 Å². The van der Waals surface area contributed by atoms with Crippen molar-refractivity contribution in [3.63, 3.8) is 0 Å². The number of hydrogen-bond donors (Lipinski definition) is 2. The molecular formula is C26H29FN6O. The van der Waals surface area contributed by atoms with Crippen LogP contribution in [0.15, 0.2) is 30.5 Å². The number of nitrogens with zero attached hydrogens (tertiary/aromatic N) is 4. The standard InChI is InChI=1S/C26H29FN6O/c1-14-6-7-17(11-30-14)34-26-31-23-10-18-19(8-16(27)9-22(18)29-2)24(23)25(32-26)33-12-15-4-3-5-21(28)20(15)13-33/h6-9,11,15,20-21,29H,3-5,10,12-13,28H2,1-2H3/t15?,20?,21-/m0/s1. The molecule has 3 aromatic rings. The van der Waals surface area contributed by atoms with Crippen molar-refractivity contribution >= 4 is 11.5 Å². The summed E-state index contributed by atoms with van der Waals surface area (Å²) in [5, 5.41) is 3.14. The lowest BCUT2D eigenvalue weighted by Crippen LogP contribution is -2.38. The van der Waals surface area contributed by atoms with Crippen molar-refractivity contribution in [1.82, 2.24) is 15.0 Å². The van der Waals surface area contributed by atoms with Crippen LogP contribution in [0.2, 0.25) is 0 Å². The molecule has 176 valence electrons. The van der Waals surface area contributed by atoms with E-state index in [4.69, 9.17) is 20.4 Å². The summed E-state index contributed by atoms with van der Waals surface area (Å²) >= 11 is 0. The van der Waals surface area contributed by atoms with E-state index in [1.54, 1.807) is 12.3 Å². The Bertz CT molecular complexity index is 1250. The highest BCUT2D eigenvalue weighted by atomic mass is 19.1. The summed E-state index contributed by atoms with van der Waals surface area (Å²) in [5.41, 5.74) is 11.9. The van der Waals surface area contributed by atoms with Crippen LogP contribution in [-0.4, -0.2) is 41.1 Å². The van der Waals surface area contributed by atoms with Gasteiger partial charge in [-0.1, -0.05) is 6.42 Å². The predicted molar refractivity (Wildman–Crippen MR) is 130 cm³/mol. The van der Waals surface area contributed by atoms with Crippen LogP contribution in [0.25, 0.3) is 11.1 Å². The number of ether oxygens (including phenoxy) is 1. The fourth-order valence-corrected chi connectivity index (χ4v) is 5.90. The monoisotopic (exact) mass is 460 g/mol. The Morgan fingerprint density at radius 1 is 1.18 bits per heavy atom. The third kappa shape index (κ3) is 3.57. The zero-order chi connectivity index (χ0) is 23.4. The molecule has 3 aliphatic rings. The van der Waals surface area contributed by atoms with Crippen LogP contribution in [0.4, 0.5) is 15.9 Å². The fourth-order valence-electron chi connectivity index (χ4n) is 5.90. The molecule has 2 aliphatic carbocycles. The fraction of sp³-hybridized carbons (Fsp3) is 0.423. The highest BCUT2D eigenvalue weighted by Crippen LogP contribution is 2.47. The maximum absolute atomic E-state index is 14.6. The van der Waals surface area contributed by atoms with Crippen LogP contribution in [0.5, 0.6) is 11.8 Å². The van der Waals surface area contributed by atoms with Gasteiger partial charge in [-0.05, 0) is 67.0 Å². The summed E-state index contributed by atoms with van der Waals surface area (Å²) in [6.45, 7) is 3.68. The molecule has 1 aliphatic heterocycles. The van der Waals surface area contributed by atoms with E-state index in [-0.39, 0.29) is 17.9 Å². The van der Waals surface area contributed by atoms with Gasteiger partial charge in [0.2, 0.25) is 0 Å². The number of fused-ring (bicyclic) bond motifs is 4. The Balaban J connectivity index is 1.45. The van der Waals surface area contributed by atoms with E-state index >= 15 is 0 Å². The van der Waals surface area contributed by atoms with Gasteiger partial charge in [-0.25, -0.2) is 4.39 Å². The minimum atomic E-state index is -0.273. The molecular weight excluding hydrogens is 431 g/mol. The number of nitrogens with one attached hydrogen (secondary N) is 1. The van der Waals surface area contributed by atoms with E-state index in [1.807, 2.05) is 26.1 Å². The second-order valence-electron chi connectivity index (χ2n) is 9.72. The van der Waals surface area contributed by atoms with Gasteiger partial charge in [0.1, 0.15) is 17.4 Å². The minimum Gasteiger partial charge on any atom is -0.423 e. The Morgan fingerprint density at radius 2 is 2.06 bits per heavy atom. The summed E-state index contributed by atoms with van der Waals surface area (Å²) in [5.74, 6) is 2.14. The average Bonchev–Trinajstić information content (AvgIpc) is 3.42. The molecule has 34 heavy (non-hydrogen) atoms. The summed E-state index contributed by atoms with van der Waals surface area (Å²) in [6, 6.07) is 7.41. The first-order chi connectivity index (χ1) is 16.5. The summed E-state index contributed by atoms with van der Waals surface area (Å²) in [4.78, 5) is 16.3. The SMILES string of the molecule is CNc1cc(F)cc2c1Cc1nc(Oc3ccc(C)nc3)nc(N3CC4CCC[C@H](N)C4C3)c1-2. The van der Waals surface area contributed by atoms with Crippen LogP contribution >= 0.6 is 0 Å². The molecule has 2 aromatic heterocycles. The van der Waals surface area contributed by atoms with Gasteiger partial charge in [0.15, 0.2) is 0 Å². The number of aryl methyl sites for hydroxylation is 1. The third-order valence-corrected chi connectivity index (χ3v) is 7.59. The van der Waals surface area contributed by atoms with Crippen LogP contribution in [0, 0.1) is 24.6 Å². The van der Waals surface area contributed by atoms with Gasteiger partial charge in [-0.2, -0.15) is 9.97 Å². The van der Waals surface area contributed by atoms with E-state index in [0.29, 0.717) is 24.0 Å². The largest absolute Gasteiger partial charge is 0.423 e. The number of halogens is 1. The Labute approximate surface area is 198 Å². The maximum atomic E-state index is 14.6. The quantitative estimate of drug-likeness (QED) is 0.470. The predicted octanol–water partition coefficient (Wildman–Crippen LogP) is 4.29. The molecule has 8 heteroatoms. The zero-order valence-corrected chi connectivity index (χ0v) is 19.5. The maximum Gasteiger partial charge on any atom is 0.324 e. The van der Waals surface area contributed by atoms with Gasteiger partial charge in [-0.3, -0.25) is 4.98 Å². The van der Waals surface area contributed by atoms with E-state index < -0.39 is 0 Å². The van der Waals surface area contributed by atoms with Crippen molar-refractivity contribution in [3.05, 3.63) is 53.2 Å². The first-order valence-electron chi connectivity index (χ1n) is 12.0. The van der Waals surface area contributed by atoms with Crippen LogP contribution < -0.4 is 20.7 Å². The highest BCUT2D eigenvalue weighted by Gasteiger charge is 2.41. The van der Waals surface area contributed by atoms with Gasteiger partial charge in [0, 0.05) is 49.5 Å². The molecule has 1 saturated carbocycles. The molecule has 7 nitrogen and oxygen atoms in total. The van der Waals surface area contributed by atoms with E-state index in [2.05, 4.69) is 15.2 Å². The second kappa shape index (κ2) is 8.20. The number of nitrogens with two attached hydrogens (primary N) is 1. The Morgan fingerprint density at radius 3 is 2.82 bits per heavy atom. The smallest absolute Gasteiger partial charge is 0.324 e. The van der Waals surface area contributed by atoms with Gasteiger partial charge in [0.05, 0.1) is 11.9 Å². The molecule has 3 heterocycles. The summed E-state index contributed by atoms with van der Waals surface area (Å²) < 4.78 is 20.6. The summed E-state index contributed by atoms with van der Waals surface area (Å²) in [6.07, 6.45) is 5.71. The van der Waals surface area contributed by atoms with Gasteiger partial charge >= 0.3 is 6.01 Å². The number of anilines is 2. The molecule has 6 rings (SSSR count). The number of pyridine rings is 1. The third-order valence-electron chi connectivity index (χ3n) is 7.59. The number of benzene rings is 1. The lowest BCUT2D eigenvalue weighted by atomic mass is 9.78. The van der Waals surface area contributed by atoms with Gasteiger partial charge < -0.3 is 20.7 Å². The molecule has 1 aromatic carbocycles. The van der Waals surface area contributed by atoms with Crippen molar-refractivity contribution < 1.29 is 9.13 Å². The van der Waals surface area contributed by atoms with E-state index in [0.717, 1.165) is 59.1 Å². The molecule has 0 spiro atoms. The van der Waals surface area contributed by atoms with Crippen LogP contribution in [0.3, 0.4) is 0 Å². The van der Waals surface area contributed by atoms with Crippen LogP contribution in [-0.2, 0) is 6.42 Å². The zero-order valence-electron chi connectivity index (χ0n) is 19.5. The van der Waals surface area contributed by atoms with Gasteiger partial charge in [0.25, 0.3) is 0 Å². The minimum absolute atomic E-state index is 0.216. The Hall–Kier alpha value is -3.26. The normalized spacial score (nSPS) is 22.8. The highest BCUT2D eigenvalue weighted by molar-refractivity contribution is 5.88. The first-order valence-corrected chi connectivity index (χ1v) is 12.0. The molecule has 2 fully saturated rings. The molecule has 0 bridgehead atoms. The summed E-state index contributed by atoms with van der Waals surface area (Å²) in [7, 11) is 1.82. The molecule has 3 N–H and O–H groups in total. The lowest BCUT2D eigenvalue weighted by Gasteiger charge is -2.29. The van der Waals surface area contributed by atoms with Crippen molar-refractivity contribution in [2.24, 2.45) is 17.6 Å². The number of hydrogen-bond acceptors (Lipinski definition) is 7. The van der Waals surface area contributed by atoms with Crippen molar-refractivity contribution in [1.29, 1.82) is 0 Å². The molecule has 3 atom stereocenters. The lowest BCUT2D eigenvalue weighted by molar-refractivity contribution is 0.260. The van der Waals surface area contributed by atoms with Crippen molar-refractivity contribution in [2.45, 2.75) is 38.6 Å². The molecule has 0 amide bonds. The molecule has 2 unspecified atom stereocenters. The molecule has 1 saturated heterocycles. The Kier molecular flexibility index (Phi) is 5.13. The van der Waals surface area contributed by atoms with E-state index in [9.17, 15) is 4.39 Å². The van der Waals surface area contributed by atoms with Crippen molar-refractivity contribution in [2.75, 3.05) is 30.4 Å². The van der Waals surface area contributed by atoms with E-state index in [1.165, 1.54) is 18.9 Å². The first kappa shape index (κ1) is 21.3. The molecule has 0 radical (unpaired) electrons. The number of aromatic nitrogens is 3. The van der Waals surface area contributed by atoms with Crippen molar-refractivity contribution in [3.8, 4) is 22.9 Å². The second-order valence-corrected chi connectivity index (χ2v) is 9.72. The van der Waals surface area contributed by atoms with Gasteiger partial charge in [-0.15, -0.1) is 0 Å². The topological polar surface area (TPSA) is 89.2 Å². The number of rotatable bonds is 4.